The van der Waals surface area contributed by atoms with Crippen LogP contribution in [0.4, 0.5) is 4.39 Å². The van der Waals surface area contributed by atoms with Gasteiger partial charge in [-0.25, -0.2) is 4.39 Å². The van der Waals surface area contributed by atoms with Crippen LogP contribution in [0.1, 0.15) is 5.56 Å². The topological polar surface area (TPSA) is 49.4 Å². The highest BCUT2D eigenvalue weighted by atomic mass is 35.5. The highest BCUT2D eigenvalue weighted by Crippen LogP contribution is 2.19. The molecular weight excluding hydrogens is 315 g/mol. The van der Waals surface area contributed by atoms with Gasteiger partial charge in [0.2, 0.25) is 0 Å². The number of nitrogens with one attached hydrogen (secondary N) is 1. The van der Waals surface area contributed by atoms with Crippen molar-refractivity contribution >= 4 is 46.8 Å². The monoisotopic (exact) mass is 324 g/mol. The summed E-state index contributed by atoms with van der Waals surface area (Å²) in [7, 11) is 0. The van der Waals surface area contributed by atoms with Crippen molar-refractivity contribution in [1.29, 1.82) is 0 Å². The minimum atomic E-state index is -0.631. The van der Waals surface area contributed by atoms with Crippen LogP contribution in [0.2, 0.25) is 5.02 Å². The Labute approximate surface area is 130 Å². The van der Waals surface area contributed by atoms with Gasteiger partial charge in [0.25, 0.3) is 11.8 Å². The summed E-state index contributed by atoms with van der Waals surface area (Å²) in [6.45, 7) is 3.69. The first-order valence-electron chi connectivity index (χ1n) is 5.89. The highest BCUT2D eigenvalue weighted by molar-refractivity contribution is 7.80. The molecule has 0 saturated carbocycles. The number of nitrogens with zero attached hydrogens (tertiary/aromatic N) is 1. The molecule has 2 amide bonds. The van der Waals surface area contributed by atoms with Gasteiger partial charge >= 0.3 is 0 Å². The standard InChI is InChI=1S/C14H10ClFN2O2S/c1-2-5-18-13(20)9(12(19)17-14(18)21)6-8-3-4-10(15)11(16)7-8/h2-4,6-7H,1,5H2,(H,17,19,21)/b9-6+. The van der Waals surface area contributed by atoms with E-state index in [4.69, 9.17) is 23.8 Å². The molecule has 1 N–H and O–H groups in total. The molecule has 0 bridgehead atoms. The second-order valence-corrected chi connectivity index (χ2v) is 4.99. The fourth-order valence-electron chi connectivity index (χ4n) is 1.76. The Morgan fingerprint density at radius 2 is 2.14 bits per heavy atom. The predicted molar refractivity (Wildman–Crippen MR) is 82.0 cm³/mol. The van der Waals surface area contributed by atoms with Gasteiger partial charge in [0.05, 0.1) is 5.02 Å². The van der Waals surface area contributed by atoms with Crippen LogP contribution in [-0.2, 0) is 9.59 Å². The molecule has 0 aliphatic carbocycles. The Morgan fingerprint density at radius 1 is 1.43 bits per heavy atom. The number of benzene rings is 1. The van der Waals surface area contributed by atoms with E-state index in [-0.39, 0.29) is 22.3 Å². The number of carbonyl (C=O) groups excluding carboxylic acids is 2. The second kappa shape index (κ2) is 6.15. The fraction of sp³-hybridized carbons (Fsp3) is 0.0714. The summed E-state index contributed by atoms with van der Waals surface area (Å²) in [5.41, 5.74) is 0.217. The van der Waals surface area contributed by atoms with E-state index in [1.54, 1.807) is 0 Å². The maximum absolute atomic E-state index is 13.4. The second-order valence-electron chi connectivity index (χ2n) is 4.20. The van der Waals surface area contributed by atoms with Crippen molar-refractivity contribution in [3.63, 3.8) is 0 Å². The lowest BCUT2D eigenvalue weighted by Gasteiger charge is -2.27. The molecule has 108 valence electrons. The number of hydrogen-bond acceptors (Lipinski definition) is 3. The number of rotatable bonds is 3. The lowest BCUT2D eigenvalue weighted by molar-refractivity contribution is -0.128. The largest absolute Gasteiger partial charge is 0.298 e. The van der Waals surface area contributed by atoms with Gasteiger partial charge < -0.3 is 0 Å². The molecule has 1 saturated heterocycles. The maximum atomic E-state index is 13.4. The molecule has 21 heavy (non-hydrogen) atoms. The van der Waals surface area contributed by atoms with Crippen molar-refractivity contribution in [1.82, 2.24) is 10.2 Å². The molecule has 1 fully saturated rings. The van der Waals surface area contributed by atoms with Crippen LogP contribution in [-0.4, -0.2) is 28.4 Å². The fourth-order valence-corrected chi connectivity index (χ4v) is 2.13. The molecule has 0 atom stereocenters. The van der Waals surface area contributed by atoms with Gasteiger partial charge in [-0.15, -0.1) is 6.58 Å². The molecule has 1 aliphatic rings. The van der Waals surface area contributed by atoms with E-state index in [1.165, 1.54) is 29.2 Å². The zero-order chi connectivity index (χ0) is 15.6. The van der Waals surface area contributed by atoms with Crippen molar-refractivity contribution < 1.29 is 14.0 Å². The average molecular weight is 325 g/mol. The van der Waals surface area contributed by atoms with E-state index < -0.39 is 17.6 Å². The van der Waals surface area contributed by atoms with E-state index in [0.29, 0.717) is 5.56 Å². The van der Waals surface area contributed by atoms with Crippen LogP contribution < -0.4 is 5.32 Å². The zero-order valence-corrected chi connectivity index (χ0v) is 12.3. The molecular formula is C14H10ClFN2O2S. The smallest absolute Gasteiger partial charge is 0.265 e. The lowest BCUT2D eigenvalue weighted by Crippen LogP contribution is -2.53. The number of halogens is 2. The summed E-state index contributed by atoms with van der Waals surface area (Å²) in [6, 6.07) is 3.99. The van der Waals surface area contributed by atoms with Crippen molar-refractivity contribution in [3.8, 4) is 0 Å². The number of carbonyl (C=O) groups is 2. The Hall–Kier alpha value is -2.05. The van der Waals surface area contributed by atoms with E-state index in [2.05, 4.69) is 11.9 Å². The molecule has 0 aromatic heterocycles. The Bertz CT molecular complexity index is 688. The molecule has 1 aliphatic heterocycles. The van der Waals surface area contributed by atoms with Crippen LogP contribution in [0, 0.1) is 5.82 Å². The van der Waals surface area contributed by atoms with E-state index in [9.17, 15) is 14.0 Å². The molecule has 1 aromatic rings. The molecule has 2 rings (SSSR count). The van der Waals surface area contributed by atoms with Gasteiger partial charge in [0, 0.05) is 6.54 Å². The number of thiocarbonyl (C=S) groups is 1. The molecule has 7 heteroatoms. The van der Waals surface area contributed by atoms with Gasteiger partial charge in [-0.1, -0.05) is 23.7 Å². The van der Waals surface area contributed by atoms with Crippen LogP contribution in [0.3, 0.4) is 0 Å². The van der Waals surface area contributed by atoms with E-state index >= 15 is 0 Å². The lowest BCUT2D eigenvalue weighted by atomic mass is 10.1. The summed E-state index contributed by atoms with van der Waals surface area (Å²) in [4.78, 5) is 25.3. The molecule has 0 unspecified atom stereocenters. The first-order chi connectivity index (χ1) is 9.93. The Balaban J connectivity index is 2.40. The number of hydrogen-bond donors (Lipinski definition) is 1. The zero-order valence-electron chi connectivity index (χ0n) is 10.7. The van der Waals surface area contributed by atoms with Crippen molar-refractivity contribution in [2.45, 2.75) is 0 Å². The third-order valence-corrected chi connectivity index (χ3v) is 3.38. The summed E-state index contributed by atoms with van der Waals surface area (Å²) in [5, 5.41) is 2.38. The minimum Gasteiger partial charge on any atom is -0.298 e. The third-order valence-electron chi connectivity index (χ3n) is 2.75. The van der Waals surface area contributed by atoms with Gasteiger partial charge in [-0.3, -0.25) is 19.8 Å². The SMILES string of the molecule is C=CCN1C(=O)/C(=C/c2ccc(Cl)c(F)c2)C(=O)NC1=S. The van der Waals surface area contributed by atoms with Crippen molar-refractivity contribution in [2.75, 3.05) is 6.54 Å². The van der Waals surface area contributed by atoms with Crippen LogP contribution in [0.15, 0.2) is 36.4 Å². The van der Waals surface area contributed by atoms with Gasteiger partial charge in [0.15, 0.2) is 5.11 Å². The average Bonchev–Trinajstić information content (AvgIpc) is 2.43. The van der Waals surface area contributed by atoms with Gasteiger partial charge in [0.1, 0.15) is 11.4 Å². The quantitative estimate of drug-likeness (QED) is 0.402. The van der Waals surface area contributed by atoms with Crippen molar-refractivity contribution in [3.05, 3.63) is 52.8 Å². The van der Waals surface area contributed by atoms with E-state index in [1.807, 2.05) is 0 Å². The summed E-state index contributed by atoms with van der Waals surface area (Å²) < 4.78 is 13.4. The highest BCUT2D eigenvalue weighted by Gasteiger charge is 2.32. The molecule has 1 heterocycles. The number of amides is 2. The molecule has 4 nitrogen and oxygen atoms in total. The summed E-state index contributed by atoms with van der Waals surface area (Å²) in [6.07, 6.45) is 2.77. The van der Waals surface area contributed by atoms with Crippen LogP contribution in [0.5, 0.6) is 0 Å². The molecule has 1 aromatic carbocycles. The van der Waals surface area contributed by atoms with Gasteiger partial charge in [-0.05, 0) is 36.0 Å². The minimum absolute atomic E-state index is 0.0179. The Kier molecular flexibility index (Phi) is 4.50. The summed E-state index contributed by atoms with van der Waals surface area (Å²) in [5.74, 6) is -1.81. The first-order valence-corrected chi connectivity index (χ1v) is 6.67. The third kappa shape index (κ3) is 3.17. The van der Waals surface area contributed by atoms with Crippen LogP contribution >= 0.6 is 23.8 Å². The van der Waals surface area contributed by atoms with E-state index in [0.717, 1.165) is 6.07 Å². The predicted octanol–water partition coefficient (Wildman–Crippen LogP) is 2.29. The normalized spacial score (nSPS) is 17.1. The van der Waals surface area contributed by atoms with Crippen molar-refractivity contribution in [2.24, 2.45) is 0 Å². The molecule has 0 radical (unpaired) electrons. The molecule has 0 spiro atoms. The van der Waals surface area contributed by atoms with Gasteiger partial charge in [-0.2, -0.15) is 0 Å². The van der Waals surface area contributed by atoms with Crippen LogP contribution in [0.25, 0.3) is 6.08 Å². The maximum Gasteiger partial charge on any atom is 0.265 e. The first kappa shape index (κ1) is 15.3. The summed E-state index contributed by atoms with van der Waals surface area (Å²) >= 11 is 10.5. The Morgan fingerprint density at radius 3 is 2.76 bits per heavy atom.